The SMILES string of the molecule is C.C#CCOCCOCCOCCn1ccnc1-c1nccn1C.Cn1ccnc1-c1nccn1C.Cn1ccnc1-c1nccn1C.Cn1ccnc1-c1nccn1C.[Os]. The fraction of sp³-hybridized carbons (Fsp3) is 0.366. The Morgan fingerprint density at radius 3 is 0.918 bits per heavy atom. The van der Waals surface area contributed by atoms with Crippen molar-refractivity contribution in [3.05, 3.63) is 99.1 Å². The summed E-state index contributed by atoms with van der Waals surface area (Å²) >= 11 is 0. The third-order valence-corrected chi connectivity index (χ3v) is 8.67. The Hall–Kier alpha value is -6.24. The van der Waals surface area contributed by atoms with Crippen LogP contribution in [0.15, 0.2) is 99.1 Å². The van der Waals surface area contributed by atoms with Gasteiger partial charge in [0.25, 0.3) is 0 Å². The molecule has 8 heterocycles. The number of hydrogen-bond donors (Lipinski definition) is 0. The van der Waals surface area contributed by atoms with Crippen molar-refractivity contribution in [1.29, 1.82) is 0 Å². The summed E-state index contributed by atoms with van der Waals surface area (Å²) in [6.07, 6.45) is 34.5. The fourth-order valence-corrected chi connectivity index (χ4v) is 5.50. The maximum atomic E-state index is 5.56. The predicted octanol–water partition coefficient (Wildman–Crippen LogP) is 4.06. The van der Waals surface area contributed by atoms with Crippen LogP contribution in [0.2, 0.25) is 0 Å². The first-order valence-corrected chi connectivity index (χ1v) is 18.7. The Morgan fingerprint density at radius 2 is 0.639 bits per heavy atom. The monoisotopic (exact) mass is 1010 g/mol. The molecule has 0 unspecified atom stereocenters. The van der Waals surface area contributed by atoms with E-state index >= 15 is 0 Å². The van der Waals surface area contributed by atoms with E-state index in [1.54, 1.807) is 49.6 Å². The molecule has 8 aromatic heterocycles. The molecular weight excluding hydrogens is 955 g/mol. The zero-order chi connectivity index (χ0) is 42.0. The van der Waals surface area contributed by atoms with Gasteiger partial charge in [0.05, 0.1) is 33.0 Å². The molecule has 0 bridgehead atoms. The van der Waals surface area contributed by atoms with E-state index in [0.717, 1.165) is 46.6 Å². The third-order valence-electron chi connectivity index (χ3n) is 8.67. The summed E-state index contributed by atoms with van der Waals surface area (Å²) in [5.41, 5.74) is 0. The van der Waals surface area contributed by atoms with Crippen LogP contribution in [0.5, 0.6) is 0 Å². The van der Waals surface area contributed by atoms with Crippen LogP contribution >= 0.6 is 0 Å². The van der Waals surface area contributed by atoms with Gasteiger partial charge < -0.3 is 50.7 Å². The molecule has 0 spiro atoms. The van der Waals surface area contributed by atoms with Gasteiger partial charge >= 0.3 is 0 Å². The molecule has 0 atom stereocenters. The first-order valence-electron chi connectivity index (χ1n) is 18.7. The average Bonchev–Trinajstić information content (AvgIpc) is 4.07. The van der Waals surface area contributed by atoms with Crippen LogP contribution in [0.1, 0.15) is 7.43 Å². The van der Waals surface area contributed by atoms with Crippen molar-refractivity contribution in [2.75, 3.05) is 39.6 Å². The maximum Gasteiger partial charge on any atom is 0.176 e. The number of nitrogens with zero attached hydrogens (tertiary/aromatic N) is 16. The second-order valence-electron chi connectivity index (χ2n) is 13.0. The van der Waals surface area contributed by atoms with Crippen LogP contribution in [0.4, 0.5) is 0 Å². The third kappa shape index (κ3) is 13.9. The summed E-state index contributed by atoms with van der Waals surface area (Å²) in [4.78, 5) is 33.9. The summed E-state index contributed by atoms with van der Waals surface area (Å²) in [6, 6.07) is 0. The van der Waals surface area contributed by atoms with Gasteiger partial charge in [0.2, 0.25) is 0 Å². The van der Waals surface area contributed by atoms with Gasteiger partial charge in [-0.15, -0.1) is 6.42 Å². The Balaban J connectivity index is 0.000000225. The normalized spacial score (nSPS) is 10.3. The number of ether oxygens (including phenoxy) is 3. The van der Waals surface area contributed by atoms with E-state index in [1.807, 2.05) is 135 Å². The quantitative estimate of drug-likeness (QED) is 0.114. The van der Waals surface area contributed by atoms with Gasteiger partial charge in [0.15, 0.2) is 46.6 Å². The van der Waals surface area contributed by atoms with Crippen LogP contribution in [0, 0.1) is 12.3 Å². The molecular formula is C41H56N16O3Os. The summed E-state index contributed by atoms with van der Waals surface area (Å²) in [7, 11) is 13.7. The molecule has 0 amide bonds. The molecule has 0 aromatic carbocycles. The number of rotatable bonds is 14. The average molecular weight is 1010 g/mol. The Labute approximate surface area is 370 Å². The zero-order valence-electron chi connectivity index (χ0n) is 35.0. The second kappa shape index (κ2) is 25.4. The van der Waals surface area contributed by atoms with Crippen molar-refractivity contribution in [3.63, 3.8) is 0 Å². The van der Waals surface area contributed by atoms with Crippen LogP contribution in [-0.4, -0.2) is 116 Å². The Bertz CT molecular complexity index is 2160. The van der Waals surface area contributed by atoms with Gasteiger partial charge in [-0.05, 0) is 0 Å². The van der Waals surface area contributed by atoms with E-state index < -0.39 is 0 Å². The van der Waals surface area contributed by atoms with E-state index in [4.69, 9.17) is 20.6 Å². The number of aromatic nitrogens is 16. The molecule has 0 aliphatic carbocycles. The minimum Gasteiger partial charge on any atom is -0.377 e. The first-order chi connectivity index (χ1) is 28.7. The minimum absolute atomic E-state index is 0. The van der Waals surface area contributed by atoms with Crippen molar-refractivity contribution in [2.45, 2.75) is 14.0 Å². The predicted molar refractivity (Wildman–Crippen MR) is 229 cm³/mol. The van der Waals surface area contributed by atoms with Gasteiger partial charge in [-0.1, -0.05) is 13.3 Å². The van der Waals surface area contributed by atoms with E-state index in [1.165, 1.54) is 0 Å². The number of hydrogen-bond acceptors (Lipinski definition) is 11. The van der Waals surface area contributed by atoms with E-state index in [2.05, 4.69) is 45.8 Å². The van der Waals surface area contributed by atoms with Crippen molar-refractivity contribution >= 4 is 0 Å². The van der Waals surface area contributed by atoms with E-state index in [9.17, 15) is 0 Å². The second-order valence-corrected chi connectivity index (χ2v) is 13.0. The van der Waals surface area contributed by atoms with Gasteiger partial charge in [-0.2, -0.15) is 0 Å². The summed E-state index contributed by atoms with van der Waals surface area (Å²) < 4.78 is 31.7. The summed E-state index contributed by atoms with van der Waals surface area (Å²) in [5, 5.41) is 0. The zero-order valence-corrected chi connectivity index (χ0v) is 37.5. The smallest absolute Gasteiger partial charge is 0.176 e. The van der Waals surface area contributed by atoms with Crippen LogP contribution in [0.3, 0.4) is 0 Å². The summed E-state index contributed by atoms with van der Waals surface area (Å²) in [6.45, 7) is 3.74. The van der Waals surface area contributed by atoms with Crippen molar-refractivity contribution in [1.82, 2.24) is 76.4 Å². The standard InChI is InChI=1S/C16H22N4O3.3C8H10N4.CH4.Os/c1-3-9-21-11-13-23-14-12-22-10-8-20-7-5-18-16(20)15-17-4-6-19(15)2;3*1-11-5-3-9-7(11)8-10-4-6-12(8)2;;/h1,4-7H,8-14H2,2H3;3*3-6H,1-2H3;1H4;. The van der Waals surface area contributed by atoms with Gasteiger partial charge in [-0.25, -0.2) is 39.9 Å². The molecule has 8 rings (SSSR count). The van der Waals surface area contributed by atoms with Gasteiger partial charge in [0, 0.05) is 175 Å². The molecule has 0 saturated carbocycles. The number of aryl methyl sites for hydroxylation is 7. The number of imidazole rings is 8. The molecule has 19 nitrogen and oxygen atoms in total. The molecule has 8 aromatic rings. The Kier molecular flexibility index (Phi) is 20.4. The molecule has 326 valence electrons. The molecule has 0 aliphatic rings. The molecule has 0 saturated heterocycles. The van der Waals surface area contributed by atoms with Crippen LogP contribution in [-0.2, 0) is 89.9 Å². The molecule has 0 N–H and O–H groups in total. The maximum absolute atomic E-state index is 5.56. The molecule has 0 aliphatic heterocycles. The molecule has 20 heteroatoms. The summed E-state index contributed by atoms with van der Waals surface area (Å²) in [5.74, 6) is 9.42. The van der Waals surface area contributed by atoms with Crippen molar-refractivity contribution < 1.29 is 34.0 Å². The Morgan fingerprint density at radius 1 is 0.393 bits per heavy atom. The molecule has 0 radical (unpaired) electrons. The first kappa shape index (κ1) is 49.1. The molecule has 61 heavy (non-hydrogen) atoms. The minimum atomic E-state index is 0. The van der Waals surface area contributed by atoms with Crippen LogP contribution < -0.4 is 0 Å². The van der Waals surface area contributed by atoms with Crippen molar-refractivity contribution in [2.24, 2.45) is 49.3 Å². The largest absolute Gasteiger partial charge is 0.377 e. The van der Waals surface area contributed by atoms with Crippen LogP contribution in [0.25, 0.3) is 46.6 Å². The number of terminal acetylenes is 1. The van der Waals surface area contributed by atoms with Gasteiger partial charge in [0.1, 0.15) is 6.61 Å². The van der Waals surface area contributed by atoms with E-state index in [-0.39, 0.29) is 27.2 Å². The van der Waals surface area contributed by atoms with Crippen molar-refractivity contribution in [3.8, 4) is 58.9 Å². The van der Waals surface area contributed by atoms with E-state index in [0.29, 0.717) is 46.2 Å². The molecule has 0 fully saturated rings. The topological polar surface area (TPSA) is 170 Å². The fourth-order valence-electron chi connectivity index (χ4n) is 5.50. The van der Waals surface area contributed by atoms with Gasteiger partial charge in [-0.3, -0.25) is 0 Å².